The first-order valence-corrected chi connectivity index (χ1v) is 5.34. The lowest BCUT2D eigenvalue weighted by Gasteiger charge is -2.15. The number of hydrogen-bond donors (Lipinski definition) is 1. The van der Waals surface area contributed by atoms with Crippen LogP contribution >= 0.6 is 0 Å². The van der Waals surface area contributed by atoms with E-state index < -0.39 is 0 Å². The number of nitrogens with zero attached hydrogens (tertiary/aromatic N) is 3. The molecule has 3 aromatic heterocycles. The predicted molar refractivity (Wildman–Crippen MR) is 65.4 cm³/mol. The lowest BCUT2D eigenvalue weighted by Crippen LogP contribution is -2.10. The smallest absolute Gasteiger partial charge is 0.200 e. The molecule has 0 radical (unpaired) electrons. The van der Waals surface area contributed by atoms with Crippen LogP contribution in [-0.2, 0) is 0 Å². The lowest BCUT2D eigenvalue weighted by molar-refractivity contribution is 0.569. The van der Waals surface area contributed by atoms with Crippen LogP contribution in [0, 0.1) is 6.92 Å². The Morgan fingerprint density at radius 3 is 3.00 bits per heavy atom. The van der Waals surface area contributed by atoms with Gasteiger partial charge in [0, 0.05) is 19.3 Å². The number of fused-ring (bicyclic) bond motifs is 1. The van der Waals surface area contributed by atoms with Crippen LogP contribution in [0.4, 0.5) is 11.7 Å². The Bertz CT molecular complexity index is 642. The molecule has 0 amide bonds. The van der Waals surface area contributed by atoms with Crippen molar-refractivity contribution in [1.29, 1.82) is 0 Å². The summed E-state index contributed by atoms with van der Waals surface area (Å²) in [6, 6.07) is 5.67. The molecule has 0 spiro atoms. The molecule has 0 fully saturated rings. The number of nitrogens with one attached hydrogen (secondary N) is 1. The van der Waals surface area contributed by atoms with Gasteiger partial charge < -0.3 is 4.42 Å². The largest absolute Gasteiger partial charge is 0.448 e. The number of pyridine rings is 1. The lowest BCUT2D eigenvalue weighted by atomic mass is 10.2. The van der Waals surface area contributed by atoms with Crippen LogP contribution in [-0.4, -0.2) is 22.2 Å². The summed E-state index contributed by atoms with van der Waals surface area (Å²) >= 11 is 0. The third kappa shape index (κ3) is 1.47. The van der Waals surface area contributed by atoms with Crippen LogP contribution in [0.3, 0.4) is 0 Å². The molecule has 3 heterocycles. The third-order valence-electron chi connectivity index (χ3n) is 2.79. The molecule has 0 bridgehead atoms. The van der Waals surface area contributed by atoms with Crippen LogP contribution in [0.15, 0.2) is 35.1 Å². The minimum atomic E-state index is 0.755. The van der Waals surface area contributed by atoms with Crippen LogP contribution in [0.5, 0.6) is 0 Å². The van der Waals surface area contributed by atoms with Crippen molar-refractivity contribution in [3.05, 3.63) is 36.4 Å². The predicted octanol–water partition coefficient (Wildman–Crippen LogP) is 2.63. The fourth-order valence-electron chi connectivity index (χ4n) is 1.92. The van der Waals surface area contributed by atoms with Crippen molar-refractivity contribution < 1.29 is 4.42 Å². The molecule has 17 heavy (non-hydrogen) atoms. The Morgan fingerprint density at radius 2 is 2.24 bits per heavy atom. The van der Waals surface area contributed by atoms with Gasteiger partial charge in [-0.1, -0.05) is 0 Å². The Hall–Kier alpha value is -2.30. The molecular weight excluding hydrogens is 216 g/mol. The maximum atomic E-state index is 5.37. The van der Waals surface area contributed by atoms with Crippen LogP contribution in [0.25, 0.3) is 10.9 Å². The van der Waals surface area contributed by atoms with E-state index in [9.17, 15) is 0 Å². The van der Waals surface area contributed by atoms with E-state index in [2.05, 4.69) is 15.2 Å². The van der Waals surface area contributed by atoms with Crippen molar-refractivity contribution in [3.63, 3.8) is 0 Å². The Morgan fingerprint density at radius 1 is 1.35 bits per heavy atom. The first kappa shape index (κ1) is 9.89. The number of aromatic nitrogens is 3. The molecule has 0 aromatic carbocycles. The third-order valence-corrected chi connectivity index (χ3v) is 2.79. The SMILES string of the molecule is Cc1n[nH]c2ccnc(N(C)c3ccco3)c12. The zero-order valence-electron chi connectivity index (χ0n) is 9.64. The molecule has 3 rings (SSSR count). The van der Waals surface area contributed by atoms with Crippen LogP contribution in [0.1, 0.15) is 5.69 Å². The first-order chi connectivity index (χ1) is 8.27. The average molecular weight is 228 g/mol. The van der Waals surface area contributed by atoms with Gasteiger partial charge in [-0.15, -0.1) is 0 Å². The second-order valence-electron chi connectivity index (χ2n) is 3.88. The molecule has 86 valence electrons. The molecule has 5 heteroatoms. The van der Waals surface area contributed by atoms with Crippen molar-refractivity contribution in [2.75, 3.05) is 11.9 Å². The zero-order valence-corrected chi connectivity index (χ0v) is 9.64. The van der Waals surface area contributed by atoms with E-state index in [0.29, 0.717) is 0 Å². The zero-order chi connectivity index (χ0) is 11.8. The molecule has 0 unspecified atom stereocenters. The standard InChI is InChI=1S/C12H12N4O/c1-8-11-9(15-14-8)5-6-13-12(11)16(2)10-4-3-7-17-10/h3-7H,1-2H3,(H,14,15). The summed E-state index contributed by atoms with van der Waals surface area (Å²) in [5.74, 6) is 1.59. The molecule has 0 atom stereocenters. The quantitative estimate of drug-likeness (QED) is 0.732. The summed E-state index contributed by atoms with van der Waals surface area (Å²) in [4.78, 5) is 6.31. The van der Waals surface area contributed by atoms with Gasteiger partial charge in [0.05, 0.1) is 22.9 Å². The number of aryl methyl sites for hydroxylation is 1. The van der Waals surface area contributed by atoms with Gasteiger partial charge in [-0.25, -0.2) is 4.98 Å². The molecule has 0 saturated carbocycles. The second-order valence-corrected chi connectivity index (χ2v) is 3.88. The van der Waals surface area contributed by atoms with Gasteiger partial charge in [-0.2, -0.15) is 5.10 Å². The number of hydrogen-bond acceptors (Lipinski definition) is 4. The summed E-state index contributed by atoms with van der Waals surface area (Å²) in [5.41, 5.74) is 1.91. The first-order valence-electron chi connectivity index (χ1n) is 5.34. The van der Waals surface area contributed by atoms with Gasteiger partial charge in [-0.3, -0.25) is 10.00 Å². The van der Waals surface area contributed by atoms with E-state index in [4.69, 9.17) is 4.42 Å². The van der Waals surface area contributed by atoms with E-state index in [1.54, 1.807) is 12.5 Å². The van der Waals surface area contributed by atoms with Crippen molar-refractivity contribution in [2.24, 2.45) is 0 Å². The topological polar surface area (TPSA) is 58.0 Å². The highest BCUT2D eigenvalue weighted by molar-refractivity contribution is 5.92. The number of rotatable bonds is 2. The molecule has 1 N–H and O–H groups in total. The maximum Gasteiger partial charge on any atom is 0.200 e. The van der Waals surface area contributed by atoms with Gasteiger partial charge in [-0.05, 0) is 19.1 Å². The summed E-state index contributed by atoms with van der Waals surface area (Å²) in [6.45, 7) is 1.96. The van der Waals surface area contributed by atoms with Crippen molar-refractivity contribution in [2.45, 2.75) is 6.92 Å². The molecular formula is C12H12N4O. The summed E-state index contributed by atoms with van der Waals surface area (Å²) in [7, 11) is 1.92. The van der Waals surface area contributed by atoms with Gasteiger partial charge in [0.25, 0.3) is 0 Å². The number of H-pyrrole nitrogens is 1. The highest BCUT2D eigenvalue weighted by Crippen LogP contribution is 2.29. The van der Waals surface area contributed by atoms with Gasteiger partial charge >= 0.3 is 0 Å². The Labute approximate surface area is 98.1 Å². The highest BCUT2D eigenvalue weighted by Gasteiger charge is 2.14. The van der Waals surface area contributed by atoms with Gasteiger partial charge in [0.1, 0.15) is 5.82 Å². The monoisotopic (exact) mass is 228 g/mol. The van der Waals surface area contributed by atoms with Crippen molar-refractivity contribution >= 4 is 22.6 Å². The Kier molecular flexibility index (Phi) is 2.11. The molecule has 0 aliphatic heterocycles. The molecule has 0 aliphatic rings. The van der Waals surface area contributed by atoms with Crippen molar-refractivity contribution in [1.82, 2.24) is 15.2 Å². The highest BCUT2D eigenvalue weighted by atomic mass is 16.3. The number of aromatic amines is 1. The van der Waals surface area contributed by atoms with E-state index in [1.807, 2.05) is 37.1 Å². The number of anilines is 2. The molecule has 0 saturated heterocycles. The van der Waals surface area contributed by atoms with Crippen molar-refractivity contribution in [3.8, 4) is 0 Å². The van der Waals surface area contributed by atoms with Crippen LogP contribution < -0.4 is 4.90 Å². The fourth-order valence-corrected chi connectivity index (χ4v) is 1.92. The summed E-state index contributed by atoms with van der Waals surface area (Å²) in [6.07, 6.45) is 3.41. The summed E-state index contributed by atoms with van der Waals surface area (Å²) in [5, 5.41) is 8.20. The van der Waals surface area contributed by atoms with Crippen LogP contribution in [0.2, 0.25) is 0 Å². The minimum Gasteiger partial charge on any atom is -0.448 e. The van der Waals surface area contributed by atoms with E-state index >= 15 is 0 Å². The second kappa shape index (κ2) is 3.62. The van der Waals surface area contributed by atoms with E-state index in [1.165, 1.54) is 0 Å². The number of furan rings is 1. The molecule has 0 aliphatic carbocycles. The normalized spacial score (nSPS) is 10.9. The average Bonchev–Trinajstić information content (AvgIpc) is 2.98. The van der Waals surface area contributed by atoms with E-state index in [0.717, 1.165) is 28.3 Å². The van der Waals surface area contributed by atoms with Gasteiger partial charge in [0.15, 0.2) is 0 Å². The fraction of sp³-hybridized carbons (Fsp3) is 0.167. The molecule has 5 nitrogen and oxygen atoms in total. The summed E-state index contributed by atoms with van der Waals surface area (Å²) < 4.78 is 5.37. The molecule has 3 aromatic rings. The maximum absolute atomic E-state index is 5.37. The van der Waals surface area contributed by atoms with Gasteiger partial charge in [0.2, 0.25) is 5.88 Å². The van der Waals surface area contributed by atoms with E-state index in [-0.39, 0.29) is 0 Å². The Balaban J connectivity index is 2.20. The minimum absolute atomic E-state index is 0.755.